The first-order valence-corrected chi connectivity index (χ1v) is 8.64. The Hall–Kier alpha value is -0.930. The van der Waals surface area contributed by atoms with Crippen molar-refractivity contribution < 1.29 is 9.13 Å². The number of halogens is 2. The van der Waals surface area contributed by atoms with Crippen LogP contribution in [-0.4, -0.2) is 50.8 Å². The molecule has 0 bridgehead atoms. The monoisotopic (exact) mass is 464 g/mol. The molecule has 0 spiro atoms. The molecule has 5 nitrogen and oxygen atoms in total. The first kappa shape index (κ1) is 22.1. The highest BCUT2D eigenvalue weighted by Crippen LogP contribution is 2.13. The minimum Gasteiger partial charge on any atom is -0.376 e. The lowest BCUT2D eigenvalue weighted by atomic mass is 10.1. The van der Waals surface area contributed by atoms with E-state index in [9.17, 15) is 4.39 Å². The van der Waals surface area contributed by atoms with Crippen molar-refractivity contribution in [1.29, 1.82) is 0 Å². The molecule has 1 aromatic carbocycles. The van der Waals surface area contributed by atoms with Crippen molar-refractivity contribution in [2.24, 2.45) is 4.99 Å². The minimum atomic E-state index is -0.167. The largest absolute Gasteiger partial charge is 0.376 e. The van der Waals surface area contributed by atoms with Crippen LogP contribution < -0.4 is 10.6 Å². The maximum absolute atomic E-state index is 13.8. The average molecular weight is 464 g/mol. The van der Waals surface area contributed by atoms with Crippen LogP contribution in [0.3, 0.4) is 0 Å². The van der Waals surface area contributed by atoms with E-state index in [0.717, 1.165) is 44.1 Å². The smallest absolute Gasteiger partial charge is 0.191 e. The van der Waals surface area contributed by atoms with Crippen molar-refractivity contribution in [2.75, 3.05) is 33.8 Å². The highest BCUT2D eigenvalue weighted by atomic mass is 127. The molecule has 0 saturated carbocycles. The second-order valence-corrected chi connectivity index (χ2v) is 6.37. The lowest BCUT2D eigenvalue weighted by Crippen LogP contribution is -2.41. The summed E-state index contributed by atoms with van der Waals surface area (Å²) in [5, 5.41) is 6.56. The second kappa shape index (κ2) is 11.6. The summed E-state index contributed by atoms with van der Waals surface area (Å²) in [5.74, 6) is 0.603. The lowest BCUT2D eigenvalue weighted by molar-refractivity contribution is 0.114. The van der Waals surface area contributed by atoms with Gasteiger partial charge in [-0.25, -0.2) is 9.38 Å². The molecule has 2 N–H and O–H groups in total. The highest BCUT2D eigenvalue weighted by molar-refractivity contribution is 14.0. The van der Waals surface area contributed by atoms with Gasteiger partial charge in [-0.05, 0) is 51.6 Å². The molecule has 0 radical (unpaired) electrons. The van der Waals surface area contributed by atoms with Crippen molar-refractivity contribution in [3.05, 3.63) is 35.1 Å². The summed E-state index contributed by atoms with van der Waals surface area (Å²) in [6, 6.07) is 5.21. The van der Waals surface area contributed by atoms with Gasteiger partial charge in [0.15, 0.2) is 5.96 Å². The van der Waals surface area contributed by atoms with Crippen LogP contribution in [0.2, 0.25) is 0 Å². The molecule has 1 aromatic rings. The van der Waals surface area contributed by atoms with Crippen LogP contribution in [0.25, 0.3) is 0 Å². The fraction of sp³-hybridized carbons (Fsp3) is 0.611. The summed E-state index contributed by atoms with van der Waals surface area (Å²) in [5.41, 5.74) is 1.70. The molecule has 1 aliphatic heterocycles. The number of aliphatic imine (C=N–C) groups is 1. The fourth-order valence-corrected chi connectivity index (χ4v) is 2.72. The van der Waals surface area contributed by atoms with Crippen LogP contribution in [0.1, 0.15) is 30.9 Å². The molecule has 1 atom stereocenters. The van der Waals surface area contributed by atoms with Gasteiger partial charge in [-0.15, -0.1) is 24.0 Å². The third-order valence-corrected chi connectivity index (χ3v) is 3.88. The van der Waals surface area contributed by atoms with Gasteiger partial charge in [0.2, 0.25) is 0 Å². The molecular weight excluding hydrogens is 434 g/mol. The highest BCUT2D eigenvalue weighted by Gasteiger charge is 2.15. The Balaban J connectivity index is 0.00000312. The molecular formula is C18H30FIN4O. The van der Waals surface area contributed by atoms with Gasteiger partial charge in [0.05, 0.1) is 12.6 Å². The van der Waals surface area contributed by atoms with Gasteiger partial charge >= 0.3 is 0 Å². The maximum Gasteiger partial charge on any atom is 0.191 e. The van der Waals surface area contributed by atoms with Crippen molar-refractivity contribution >= 4 is 29.9 Å². The maximum atomic E-state index is 13.8. The van der Waals surface area contributed by atoms with Gasteiger partial charge < -0.3 is 20.3 Å². The first-order valence-electron chi connectivity index (χ1n) is 8.64. The summed E-state index contributed by atoms with van der Waals surface area (Å²) >= 11 is 0. The Morgan fingerprint density at radius 2 is 2.16 bits per heavy atom. The molecule has 1 aliphatic rings. The van der Waals surface area contributed by atoms with Crippen molar-refractivity contribution in [3.63, 3.8) is 0 Å². The van der Waals surface area contributed by atoms with Crippen LogP contribution in [0.15, 0.2) is 23.2 Å². The molecule has 0 aliphatic carbocycles. The topological polar surface area (TPSA) is 48.9 Å². The standard InChI is InChI=1S/C18H29FN4O.HI/c1-4-20-18(22-12-16-6-5-9-24-16)21-11-14-7-8-17(19)15(10-14)13-23(2)3;/h7-8,10,16H,4-6,9,11-13H2,1-3H3,(H2,20,21,22);1H. The van der Waals surface area contributed by atoms with Crippen molar-refractivity contribution in [2.45, 2.75) is 39.0 Å². The first-order chi connectivity index (χ1) is 11.6. The van der Waals surface area contributed by atoms with E-state index in [2.05, 4.69) is 15.6 Å². The minimum absolute atomic E-state index is 0. The molecule has 0 aromatic heterocycles. The number of nitrogens with one attached hydrogen (secondary N) is 2. The van der Waals surface area contributed by atoms with E-state index < -0.39 is 0 Å². The van der Waals surface area contributed by atoms with Gasteiger partial charge in [0, 0.05) is 31.8 Å². The lowest BCUT2D eigenvalue weighted by Gasteiger charge is -2.15. The molecule has 0 amide bonds. The van der Waals surface area contributed by atoms with Crippen LogP contribution in [0.4, 0.5) is 4.39 Å². The Morgan fingerprint density at radius 1 is 1.36 bits per heavy atom. The van der Waals surface area contributed by atoms with E-state index in [4.69, 9.17) is 4.74 Å². The fourth-order valence-electron chi connectivity index (χ4n) is 2.72. The van der Waals surface area contributed by atoms with Crippen LogP contribution in [0, 0.1) is 5.82 Å². The van der Waals surface area contributed by atoms with Gasteiger partial charge in [-0.1, -0.05) is 6.07 Å². The van der Waals surface area contributed by atoms with Crippen molar-refractivity contribution in [3.8, 4) is 0 Å². The molecule has 1 heterocycles. The van der Waals surface area contributed by atoms with Crippen LogP contribution >= 0.6 is 24.0 Å². The Labute approximate surface area is 167 Å². The van der Waals surface area contributed by atoms with E-state index in [1.165, 1.54) is 6.07 Å². The molecule has 2 rings (SSSR count). The zero-order valence-corrected chi connectivity index (χ0v) is 17.7. The zero-order chi connectivity index (χ0) is 17.4. The van der Waals surface area contributed by atoms with Gasteiger partial charge in [-0.2, -0.15) is 0 Å². The Bertz CT molecular complexity index is 548. The number of hydrogen-bond acceptors (Lipinski definition) is 3. The van der Waals surface area contributed by atoms with E-state index in [1.54, 1.807) is 6.07 Å². The second-order valence-electron chi connectivity index (χ2n) is 6.37. The van der Waals surface area contributed by atoms with Crippen LogP contribution in [-0.2, 0) is 17.8 Å². The van der Waals surface area contributed by atoms with Crippen LogP contribution in [0.5, 0.6) is 0 Å². The summed E-state index contributed by atoms with van der Waals surface area (Å²) in [6.07, 6.45) is 2.49. The SMILES string of the molecule is CCNC(=NCc1ccc(F)c(CN(C)C)c1)NCC1CCCO1.I. The van der Waals surface area contributed by atoms with Crippen molar-refractivity contribution in [1.82, 2.24) is 15.5 Å². The third-order valence-electron chi connectivity index (χ3n) is 3.88. The predicted molar refractivity (Wildman–Crippen MR) is 111 cm³/mol. The Kier molecular flexibility index (Phi) is 10.3. The molecule has 1 unspecified atom stereocenters. The average Bonchev–Trinajstić information content (AvgIpc) is 3.06. The number of rotatable bonds is 7. The number of hydrogen-bond donors (Lipinski definition) is 2. The number of benzene rings is 1. The molecule has 1 fully saturated rings. The Morgan fingerprint density at radius 3 is 2.80 bits per heavy atom. The van der Waals surface area contributed by atoms with Gasteiger partial charge in [0.1, 0.15) is 5.82 Å². The van der Waals surface area contributed by atoms with E-state index in [1.807, 2.05) is 32.0 Å². The van der Waals surface area contributed by atoms with Gasteiger partial charge in [-0.3, -0.25) is 0 Å². The summed E-state index contributed by atoms with van der Waals surface area (Å²) < 4.78 is 19.5. The predicted octanol–water partition coefficient (Wildman–Crippen LogP) is 2.74. The zero-order valence-electron chi connectivity index (χ0n) is 15.3. The molecule has 1 saturated heterocycles. The summed E-state index contributed by atoms with van der Waals surface area (Å²) in [4.78, 5) is 6.55. The molecule has 142 valence electrons. The normalized spacial score (nSPS) is 17.5. The number of guanidine groups is 1. The number of nitrogens with zero attached hydrogens (tertiary/aromatic N) is 2. The van der Waals surface area contributed by atoms with E-state index in [0.29, 0.717) is 18.7 Å². The van der Waals surface area contributed by atoms with Gasteiger partial charge in [0.25, 0.3) is 0 Å². The van der Waals surface area contributed by atoms with E-state index >= 15 is 0 Å². The van der Waals surface area contributed by atoms with E-state index in [-0.39, 0.29) is 35.9 Å². The number of ether oxygens (including phenoxy) is 1. The molecule has 25 heavy (non-hydrogen) atoms. The quantitative estimate of drug-likeness (QED) is 0.370. The molecule has 7 heteroatoms. The third kappa shape index (κ3) is 7.87. The summed E-state index contributed by atoms with van der Waals surface area (Å²) in [6.45, 7) is 5.55. The summed E-state index contributed by atoms with van der Waals surface area (Å²) in [7, 11) is 3.87.